The Bertz CT molecular complexity index is 512. The first-order chi connectivity index (χ1) is 8.19. The van der Waals surface area contributed by atoms with Gasteiger partial charge in [0.1, 0.15) is 0 Å². The summed E-state index contributed by atoms with van der Waals surface area (Å²) in [6.45, 7) is 2.30. The van der Waals surface area contributed by atoms with Crippen molar-refractivity contribution in [1.82, 2.24) is 10.1 Å². The molecule has 0 fully saturated rings. The molecule has 0 saturated heterocycles. The van der Waals surface area contributed by atoms with Crippen LogP contribution >= 0.6 is 11.8 Å². The Morgan fingerprint density at radius 3 is 2.94 bits per heavy atom. The number of anilines is 1. The Morgan fingerprint density at radius 2 is 2.24 bits per heavy atom. The highest BCUT2D eigenvalue weighted by atomic mass is 32.2. The molecule has 0 bridgehead atoms. The highest BCUT2D eigenvalue weighted by Gasteiger charge is 2.06. The number of aromatic nitrogens is 2. The lowest BCUT2D eigenvalue weighted by atomic mass is 10.2. The molecule has 4 N–H and O–H groups in total. The Kier molecular flexibility index (Phi) is 3.65. The van der Waals surface area contributed by atoms with Gasteiger partial charge in [-0.05, 0) is 24.6 Å². The van der Waals surface area contributed by atoms with E-state index in [-0.39, 0.29) is 6.54 Å². The Morgan fingerprint density at radius 1 is 1.41 bits per heavy atom. The van der Waals surface area contributed by atoms with Gasteiger partial charge in [-0.25, -0.2) is 0 Å². The highest BCUT2D eigenvalue weighted by molar-refractivity contribution is 7.98. The van der Waals surface area contributed by atoms with Crippen molar-refractivity contribution in [3.05, 3.63) is 35.5 Å². The van der Waals surface area contributed by atoms with Gasteiger partial charge < -0.3 is 16.0 Å². The maximum absolute atomic E-state index is 5.88. The summed E-state index contributed by atoms with van der Waals surface area (Å²) in [5.74, 6) is 1.71. The minimum absolute atomic E-state index is 0.268. The van der Waals surface area contributed by atoms with E-state index >= 15 is 0 Å². The van der Waals surface area contributed by atoms with Crippen LogP contribution in [0.3, 0.4) is 0 Å². The molecule has 5 nitrogen and oxygen atoms in total. The van der Waals surface area contributed by atoms with Crippen molar-refractivity contribution in [2.24, 2.45) is 5.73 Å². The van der Waals surface area contributed by atoms with E-state index in [1.807, 2.05) is 25.1 Å². The summed E-state index contributed by atoms with van der Waals surface area (Å²) < 4.78 is 4.93. The molecule has 6 heteroatoms. The third-order valence-electron chi connectivity index (χ3n) is 2.21. The summed E-state index contributed by atoms with van der Waals surface area (Å²) in [6, 6.07) is 5.93. The molecule has 0 saturated carbocycles. The SMILES string of the molecule is Cc1ccc(N)c(SCc2noc(CN)n2)c1. The summed E-state index contributed by atoms with van der Waals surface area (Å²) in [5.41, 5.74) is 13.2. The molecule has 17 heavy (non-hydrogen) atoms. The quantitative estimate of drug-likeness (QED) is 0.634. The van der Waals surface area contributed by atoms with Crippen molar-refractivity contribution >= 4 is 17.4 Å². The van der Waals surface area contributed by atoms with Gasteiger partial charge in [-0.15, -0.1) is 11.8 Å². The predicted octanol–water partition coefficient (Wildman–Crippen LogP) is 1.71. The van der Waals surface area contributed by atoms with E-state index in [9.17, 15) is 0 Å². The van der Waals surface area contributed by atoms with E-state index in [4.69, 9.17) is 16.0 Å². The first-order valence-electron chi connectivity index (χ1n) is 5.19. The van der Waals surface area contributed by atoms with Crippen molar-refractivity contribution in [2.75, 3.05) is 5.73 Å². The molecule has 0 spiro atoms. The monoisotopic (exact) mass is 250 g/mol. The van der Waals surface area contributed by atoms with Crippen molar-refractivity contribution in [3.63, 3.8) is 0 Å². The fourth-order valence-corrected chi connectivity index (χ4v) is 2.25. The normalized spacial score (nSPS) is 10.7. The zero-order chi connectivity index (χ0) is 12.3. The summed E-state index contributed by atoms with van der Waals surface area (Å²) in [6.07, 6.45) is 0. The number of hydrogen-bond donors (Lipinski definition) is 2. The second-order valence-corrected chi connectivity index (χ2v) is 4.66. The second-order valence-electron chi connectivity index (χ2n) is 3.64. The molecular formula is C11H14N4OS. The predicted molar refractivity (Wildman–Crippen MR) is 67.3 cm³/mol. The molecule has 0 aliphatic rings. The summed E-state index contributed by atoms with van der Waals surface area (Å²) in [4.78, 5) is 5.16. The second kappa shape index (κ2) is 5.20. The molecule has 0 aliphatic carbocycles. The zero-order valence-electron chi connectivity index (χ0n) is 9.51. The lowest BCUT2D eigenvalue weighted by Gasteiger charge is -2.04. The first-order valence-corrected chi connectivity index (χ1v) is 6.18. The van der Waals surface area contributed by atoms with Gasteiger partial charge in [0.25, 0.3) is 0 Å². The summed E-state index contributed by atoms with van der Waals surface area (Å²) in [7, 11) is 0. The summed E-state index contributed by atoms with van der Waals surface area (Å²) in [5, 5.41) is 3.83. The molecule has 2 rings (SSSR count). The Balaban J connectivity index is 2.04. The maximum atomic E-state index is 5.88. The lowest BCUT2D eigenvalue weighted by Crippen LogP contribution is -1.96. The lowest BCUT2D eigenvalue weighted by molar-refractivity contribution is 0.376. The number of nitrogens with two attached hydrogens (primary N) is 2. The van der Waals surface area contributed by atoms with Gasteiger partial charge in [0.15, 0.2) is 5.82 Å². The van der Waals surface area contributed by atoms with Gasteiger partial charge in [-0.2, -0.15) is 4.98 Å². The van der Waals surface area contributed by atoms with Crippen LogP contribution in [-0.4, -0.2) is 10.1 Å². The molecule has 0 unspecified atom stereocenters. The summed E-state index contributed by atoms with van der Waals surface area (Å²) >= 11 is 1.59. The third kappa shape index (κ3) is 2.98. The molecule has 1 heterocycles. The number of nitrogens with zero attached hydrogens (tertiary/aromatic N) is 2. The standard InChI is InChI=1S/C11H14N4OS/c1-7-2-3-8(13)9(4-7)17-6-10-14-11(5-12)16-15-10/h2-4H,5-6,12-13H2,1H3. The van der Waals surface area contributed by atoms with E-state index in [1.54, 1.807) is 11.8 Å². The minimum Gasteiger partial charge on any atom is -0.398 e. The molecular weight excluding hydrogens is 236 g/mol. The van der Waals surface area contributed by atoms with Crippen LogP contribution in [0, 0.1) is 6.92 Å². The van der Waals surface area contributed by atoms with Crippen LogP contribution in [0.4, 0.5) is 5.69 Å². The van der Waals surface area contributed by atoms with Crippen LogP contribution in [-0.2, 0) is 12.3 Å². The Labute approximate surface area is 104 Å². The average Bonchev–Trinajstić information content (AvgIpc) is 2.78. The maximum Gasteiger partial charge on any atom is 0.240 e. The van der Waals surface area contributed by atoms with Gasteiger partial charge in [0.2, 0.25) is 5.89 Å². The van der Waals surface area contributed by atoms with Gasteiger partial charge >= 0.3 is 0 Å². The van der Waals surface area contributed by atoms with Crippen LogP contribution in [0.1, 0.15) is 17.3 Å². The van der Waals surface area contributed by atoms with Crippen molar-refractivity contribution in [2.45, 2.75) is 24.1 Å². The van der Waals surface area contributed by atoms with Crippen LogP contribution in [0.25, 0.3) is 0 Å². The van der Waals surface area contributed by atoms with Crippen LogP contribution in [0.5, 0.6) is 0 Å². The number of benzene rings is 1. The molecule has 0 radical (unpaired) electrons. The zero-order valence-corrected chi connectivity index (χ0v) is 10.3. The highest BCUT2D eigenvalue weighted by Crippen LogP contribution is 2.28. The minimum atomic E-state index is 0.268. The third-order valence-corrected chi connectivity index (χ3v) is 3.28. The number of rotatable bonds is 4. The molecule has 1 aromatic carbocycles. The number of thioether (sulfide) groups is 1. The number of hydrogen-bond acceptors (Lipinski definition) is 6. The first kappa shape index (κ1) is 11.9. The van der Waals surface area contributed by atoms with Crippen molar-refractivity contribution in [1.29, 1.82) is 0 Å². The fourth-order valence-electron chi connectivity index (χ4n) is 1.34. The largest absolute Gasteiger partial charge is 0.398 e. The fraction of sp³-hybridized carbons (Fsp3) is 0.273. The Hall–Kier alpha value is -1.53. The molecule has 1 aromatic heterocycles. The van der Waals surface area contributed by atoms with Crippen molar-refractivity contribution < 1.29 is 4.52 Å². The molecule has 0 aliphatic heterocycles. The van der Waals surface area contributed by atoms with Gasteiger partial charge in [-0.3, -0.25) is 0 Å². The number of aryl methyl sites for hydroxylation is 1. The van der Waals surface area contributed by atoms with E-state index in [0.717, 1.165) is 10.6 Å². The van der Waals surface area contributed by atoms with Gasteiger partial charge in [0.05, 0.1) is 12.3 Å². The molecule has 0 atom stereocenters. The average molecular weight is 250 g/mol. The van der Waals surface area contributed by atoms with E-state index in [0.29, 0.717) is 17.5 Å². The van der Waals surface area contributed by atoms with Gasteiger partial charge in [0, 0.05) is 10.6 Å². The van der Waals surface area contributed by atoms with Gasteiger partial charge in [-0.1, -0.05) is 11.2 Å². The number of nitrogen functional groups attached to an aromatic ring is 1. The van der Waals surface area contributed by atoms with Crippen LogP contribution in [0.15, 0.2) is 27.6 Å². The topological polar surface area (TPSA) is 91.0 Å². The van der Waals surface area contributed by atoms with E-state index in [2.05, 4.69) is 10.1 Å². The van der Waals surface area contributed by atoms with Crippen molar-refractivity contribution in [3.8, 4) is 0 Å². The van der Waals surface area contributed by atoms with Crippen LogP contribution < -0.4 is 11.5 Å². The van der Waals surface area contributed by atoms with E-state index in [1.165, 1.54) is 5.56 Å². The molecule has 90 valence electrons. The van der Waals surface area contributed by atoms with E-state index < -0.39 is 0 Å². The molecule has 0 amide bonds. The van der Waals surface area contributed by atoms with Crippen LogP contribution in [0.2, 0.25) is 0 Å². The molecule has 2 aromatic rings. The smallest absolute Gasteiger partial charge is 0.240 e.